The summed E-state index contributed by atoms with van der Waals surface area (Å²) >= 11 is 0. The molecule has 3 aromatic carbocycles. The Bertz CT molecular complexity index is 1020. The third-order valence-corrected chi connectivity index (χ3v) is 7.35. The number of aryl methyl sites for hydroxylation is 1. The molecule has 158 valence electrons. The number of hydrogen-bond donors (Lipinski definition) is 1. The van der Waals surface area contributed by atoms with Gasteiger partial charge in [-0.3, -0.25) is 0 Å². The van der Waals surface area contributed by atoms with E-state index in [9.17, 15) is 5.11 Å². The van der Waals surface area contributed by atoms with Gasteiger partial charge in [-0.15, -0.1) is 0 Å². The second kappa shape index (κ2) is 7.69. The highest BCUT2D eigenvalue weighted by Crippen LogP contribution is 2.59. The van der Waals surface area contributed by atoms with Crippen molar-refractivity contribution in [3.8, 4) is 0 Å². The first-order valence-electron chi connectivity index (χ1n) is 11.4. The molecule has 3 aromatic rings. The number of anilines is 1. The fraction of sp³-hybridized carbons (Fsp3) is 0.310. The molecule has 1 aliphatic carbocycles. The largest absolute Gasteiger partial charge is 0.388 e. The van der Waals surface area contributed by atoms with Gasteiger partial charge >= 0.3 is 0 Å². The van der Waals surface area contributed by atoms with Crippen LogP contribution in [0, 0.1) is 12.8 Å². The van der Waals surface area contributed by atoms with Gasteiger partial charge in [0.25, 0.3) is 0 Å². The van der Waals surface area contributed by atoms with E-state index in [0.717, 1.165) is 13.1 Å². The molecule has 2 heteroatoms. The maximum atomic E-state index is 12.4. The third-order valence-electron chi connectivity index (χ3n) is 7.35. The Morgan fingerprint density at radius 1 is 0.742 bits per heavy atom. The van der Waals surface area contributed by atoms with Gasteiger partial charge < -0.3 is 10.0 Å². The van der Waals surface area contributed by atoms with E-state index >= 15 is 0 Å². The molecule has 0 aromatic heterocycles. The van der Waals surface area contributed by atoms with Crippen molar-refractivity contribution in [2.75, 3.05) is 18.0 Å². The summed E-state index contributed by atoms with van der Waals surface area (Å²) in [5.41, 5.74) is 6.93. The molecule has 0 fully saturated rings. The number of nitrogens with zero attached hydrogens (tertiary/aromatic N) is 1. The Hall–Kier alpha value is -2.84. The Morgan fingerprint density at radius 3 is 1.61 bits per heavy atom. The predicted molar refractivity (Wildman–Crippen MR) is 129 cm³/mol. The fourth-order valence-electron chi connectivity index (χ4n) is 5.78. The average molecular weight is 410 g/mol. The number of aliphatic hydroxyl groups is 1. The summed E-state index contributed by atoms with van der Waals surface area (Å²) in [6, 6.07) is 30.1. The van der Waals surface area contributed by atoms with Gasteiger partial charge in [-0.25, -0.2) is 0 Å². The number of hydrogen-bond acceptors (Lipinski definition) is 2. The zero-order valence-corrected chi connectivity index (χ0v) is 18.6. The van der Waals surface area contributed by atoms with Crippen LogP contribution in [0.5, 0.6) is 0 Å². The van der Waals surface area contributed by atoms with Crippen LogP contribution in [0.15, 0.2) is 96.1 Å². The van der Waals surface area contributed by atoms with Gasteiger partial charge in [0.2, 0.25) is 0 Å². The SMILES string of the molecule is Cc1ccc(N2CC3=C(C2)[C@@H](c2ccccc2)C(O)(C(C)C)[C@H]3c2ccccc2)cc1. The van der Waals surface area contributed by atoms with Gasteiger partial charge in [-0.05, 0) is 47.2 Å². The van der Waals surface area contributed by atoms with E-state index in [0.29, 0.717) is 0 Å². The lowest BCUT2D eigenvalue weighted by atomic mass is 9.68. The van der Waals surface area contributed by atoms with Crippen molar-refractivity contribution in [2.45, 2.75) is 38.2 Å². The summed E-state index contributed by atoms with van der Waals surface area (Å²) in [6.07, 6.45) is 0. The lowest BCUT2D eigenvalue weighted by Crippen LogP contribution is -2.46. The monoisotopic (exact) mass is 409 g/mol. The Labute approximate surface area is 185 Å². The van der Waals surface area contributed by atoms with Crippen molar-refractivity contribution >= 4 is 5.69 Å². The first-order valence-corrected chi connectivity index (χ1v) is 11.4. The lowest BCUT2D eigenvalue weighted by Gasteiger charge is -2.43. The molecule has 1 unspecified atom stereocenters. The Balaban J connectivity index is 1.64. The zero-order chi connectivity index (χ0) is 21.6. The van der Waals surface area contributed by atoms with E-state index in [1.807, 2.05) is 0 Å². The minimum atomic E-state index is -0.841. The second-order valence-corrected chi connectivity index (χ2v) is 9.47. The van der Waals surface area contributed by atoms with Crippen molar-refractivity contribution in [1.82, 2.24) is 0 Å². The van der Waals surface area contributed by atoms with Crippen LogP contribution < -0.4 is 4.90 Å². The van der Waals surface area contributed by atoms with Crippen LogP contribution >= 0.6 is 0 Å². The fourth-order valence-corrected chi connectivity index (χ4v) is 5.78. The molecule has 3 atom stereocenters. The van der Waals surface area contributed by atoms with E-state index in [-0.39, 0.29) is 17.8 Å². The summed E-state index contributed by atoms with van der Waals surface area (Å²) in [6.45, 7) is 8.22. The first-order chi connectivity index (χ1) is 15.0. The molecule has 0 radical (unpaired) electrons. The number of rotatable bonds is 4. The van der Waals surface area contributed by atoms with Crippen LogP contribution in [-0.2, 0) is 0 Å². The molecule has 0 saturated heterocycles. The predicted octanol–water partition coefficient (Wildman–Crippen LogP) is 6.08. The van der Waals surface area contributed by atoms with Crippen LogP contribution in [0.2, 0.25) is 0 Å². The molecule has 2 aliphatic rings. The van der Waals surface area contributed by atoms with Crippen molar-refractivity contribution < 1.29 is 5.11 Å². The highest BCUT2D eigenvalue weighted by atomic mass is 16.3. The van der Waals surface area contributed by atoms with Crippen molar-refractivity contribution in [3.63, 3.8) is 0 Å². The quantitative estimate of drug-likeness (QED) is 0.528. The molecule has 2 nitrogen and oxygen atoms in total. The van der Waals surface area contributed by atoms with E-state index in [1.165, 1.54) is 33.5 Å². The second-order valence-electron chi connectivity index (χ2n) is 9.47. The molecule has 1 N–H and O–H groups in total. The van der Waals surface area contributed by atoms with Gasteiger partial charge in [0.15, 0.2) is 0 Å². The van der Waals surface area contributed by atoms with Gasteiger partial charge in [0, 0.05) is 30.6 Å². The smallest absolute Gasteiger partial charge is 0.0882 e. The molecular formula is C29H31NO. The van der Waals surface area contributed by atoms with Gasteiger partial charge in [0.1, 0.15) is 0 Å². The van der Waals surface area contributed by atoms with Crippen LogP contribution in [0.3, 0.4) is 0 Å². The lowest BCUT2D eigenvalue weighted by molar-refractivity contribution is -0.0275. The van der Waals surface area contributed by atoms with Crippen LogP contribution in [0.1, 0.15) is 42.4 Å². The molecule has 0 amide bonds. The molecule has 0 saturated carbocycles. The van der Waals surface area contributed by atoms with Gasteiger partial charge in [-0.1, -0.05) is 92.2 Å². The minimum Gasteiger partial charge on any atom is -0.388 e. The summed E-state index contributed by atoms with van der Waals surface area (Å²) in [5, 5.41) is 12.4. The molecule has 1 heterocycles. The minimum absolute atomic E-state index is 0.00403. The van der Waals surface area contributed by atoms with Crippen molar-refractivity contribution in [2.24, 2.45) is 5.92 Å². The van der Waals surface area contributed by atoms with E-state index in [4.69, 9.17) is 0 Å². The molecule has 0 bridgehead atoms. The average Bonchev–Trinajstić information content (AvgIpc) is 3.30. The van der Waals surface area contributed by atoms with Crippen molar-refractivity contribution in [1.29, 1.82) is 0 Å². The summed E-state index contributed by atoms with van der Waals surface area (Å²) < 4.78 is 0. The van der Waals surface area contributed by atoms with Crippen LogP contribution in [0.4, 0.5) is 5.69 Å². The highest BCUT2D eigenvalue weighted by Gasteiger charge is 2.57. The van der Waals surface area contributed by atoms with Gasteiger partial charge in [0.05, 0.1) is 5.60 Å². The molecular weight excluding hydrogens is 378 g/mol. The Morgan fingerprint density at radius 2 is 1.19 bits per heavy atom. The highest BCUT2D eigenvalue weighted by molar-refractivity contribution is 5.61. The molecule has 31 heavy (non-hydrogen) atoms. The van der Waals surface area contributed by atoms with E-state index < -0.39 is 5.60 Å². The zero-order valence-electron chi connectivity index (χ0n) is 18.6. The topological polar surface area (TPSA) is 23.5 Å². The molecule has 5 rings (SSSR count). The van der Waals surface area contributed by atoms with Crippen LogP contribution in [0.25, 0.3) is 0 Å². The van der Waals surface area contributed by atoms with Gasteiger partial charge in [-0.2, -0.15) is 0 Å². The third kappa shape index (κ3) is 3.21. The normalized spacial score (nSPS) is 25.4. The maximum Gasteiger partial charge on any atom is 0.0882 e. The molecule has 0 spiro atoms. The summed E-state index contributed by atoms with van der Waals surface area (Å²) in [4.78, 5) is 2.47. The maximum absolute atomic E-state index is 12.4. The molecule has 1 aliphatic heterocycles. The summed E-state index contributed by atoms with van der Waals surface area (Å²) in [7, 11) is 0. The van der Waals surface area contributed by atoms with Crippen LogP contribution in [-0.4, -0.2) is 23.8 Å². The number of benzene rings is 3. The Kier molecular flexibility index (Phi) is 4.98. The van der Waals surface area contributed by atoms with Crippen molar-refractivity contribution in [3.05, 3.63) is 113 Å². The summed E-state index contributed by atoms with van der Waals surface area (Å²) in [5.74, 6) is 0.134. The van der Waals surface area contributed by atoms with E-state index in [2.05, 4.69) is 111 Å². The standard InChI is InChI=1S/C29H31NO/c1-20(2)29(31)27(22-10-6-4-7-11-22)25-18-30(24-16-14-21(3)15-17-24)19-26(25)28(29)23-12-8-5-9-13-23/h4-17,20,27-28,31H,18-19H2,1-3H3/t27-,28+,29?. The first kappa shape index (κ1) is 20.1. The van der Waals surface area contributed by atoms with E-state index in [1.54, 1.807) is 0 Å².